The summed E-state index contributed by atoms with van der Waals surface area (Å²) in [5.74, 6) is -0.119. The number of rotatable bonds is 5. The van der Waals surface area contributed by atoms with Crippen molar-refractivity contribution in [3.8, 4) is 0 Å². The first-order chi connectivity index (χ1) is 7.41. The predicted molar refractivity (Wildman–Crippen MR) is 61.6 cm³/mol. The molecule has 5 nitrogen and oxygen atoms in total. The highest BCUT2D eigenvalue weighted by molar-refractivity contribution is 8.06. The zero-order chi connectivity index (χ0) is 12.3. The molecule has 0 aromatic carbocycles. The van der Waals surface area contributed by atoms with Crippen molar-refractivity contribution in [3.63, 3.8) is 0 Å². The molecule has 0 amide bonds. The van der Waals surface area contributed by atoms with E-state index in [-0.39, 0.29) is 12.0 Å². The standard InChI is InChI=1S/C8H16BO5PS/c1-5-7(14-15(10,16)12-3)6(4-11-2)13-8(5)9/h5-8H,4H2,1-3H3,(H,10,16)/p-1/t5-,6+,7?,8+,15?/m0/s1. The Balaban J connectivity index is 2.70. The molecule has 0 aromatic heterocycles. The van der Waals surface area contributed by atoms with Gasteiger partial charge < -0.3 is 23.4 Å². The average Bonchev–Trinajstić information content (AvgIpc) is 2.47. The van der Waals surface area contributed by atoms with Crippen LogP contribution in [0.15, 0.2) is 0 Å². The molecule has 0 bridgehead atoms. The molecule has 1 aliphatic heterocycles. The van der Waals surface area contributed by atoms with Gasteiger partial charge in [0, 0.05) is 26.1 Å². The molecule has 0 N–H and O–H groups in total. The summed E-state index contributed by atoms with van der Waals surface area (Å²) in [4.78, 5) is 11.6. The maximum Gasteiger partial charge on any atom is 0.115 e. The van der Waals surface area contributed by atoms with Gasteiger partial charge in [0.2, 0.25) is 0 Å². The summed E-state index contributed by atoms with van der Waals surface area (Å²) >= 11 is 4.68. The molecular weight excluding hydrogens is 250 g/mol. The maximum atomic E-state index is 11.6. The first-order valence-electron chi connectivity index (χ1n) is 4.86. The van der Waals surface area contributed by atoms with Crippen molar-refractivity contribution in [1.29, 1.82) is 0 Å². The molecule has 0 spiro atoms. The molecule has 0 aromatic rings. The van der Waals surface area contributed by atoms with Crippen LogP contribution in [0.3, 0.4) is 0 Å². The Labute approximate surface area is 102 Å². The Morgan fingerprint density at radius 2 is 2.12 bits per heavy atom. The van der Waals surface area contributed by atoms with Gasteiger partial charge in [0.15, 0.2) is 0 Å². The summed E-state index contributed by atoms with van der Waals surface area (Å²) < 4.78 is 20.3. The Bertz CT molecular complexity index is 279. The van der Waals surface area contributed by atoms with Crippen LogP contribution in [0.25, 0.3) is 0 Å². The zero-order valence-corrected chi connectivity index (χ0v) is 11.2. The van der Waals surface area contributed by atoms with Crippen molar-refractivity contribution in [2.24, 2.45) is 5.92 Å². The molecule has 1 saturated heterocycles. The normalized spacial score (nSPS) is 38.5. The predicted octanol–water partition coefficient (Wildman–Crippen LogP) is -0.221. The molecule has 1 heterocycles. The molecule has 0 saturated carbocycles. The van der Waals surface area contributed by atoms with Gasteiger partial charge in [-0.3, -0.25) is 0 Å². The van der Waals surface area contributed by atoms with Gasteiger partial charge in [0.1, 0.15) is 20.7 Å². The van der Waals surface area contributed by atoms with Crippen molar-refractivity contribution in [3.05, 3.63) is 0 Å². The van der Waals surface area contributed by atoms with Crippen LogP contribution in [0, 0.1) is 5.92 Å². The summed E-state index contributed by atoms with van der Waals surface area (Å²) in [6.45, 7) is -1.30. The van der Waals surface area contributed by atoms with Crippen molar-refractivity contribution in [2.45, 2.75) is 25.1 Å². The minimum Gasteiger partial charge on any atom is -0.780 e. The first kappa shape index (κ1) is 14.6. The van der Waals surface area contributed by atoms with Gasteiger partial charge in [0.05, 0.1) is 12.7 Å². The molecule has 92 valence electrons. The van der Waals surface area contributed by atoms with Crippen molar-refractivity contribution < 1.29 is 23.4 Å². The van der Waals surface area contributed by atoms with E-state index < -0.39 is 18.8 Å². The van der Waals surface area contributed by atoms with E-state index in [0.717, 1.165) is 0 Å². The van der Waals surface area contributed by atoms with Gasteiger partial charge >= 0.3 is 0 Å². The Kier molecular flexibility index (Phi) is 5.39. The van der Waals surface area contributed by atoms with E-state index in [1.807, 2.05) is 6.92 Å². The molecule has 8 heteroatoms. The van der Waals surface area contributed by atoms with Gasteiger partial charge in [-0.15, -0.1) is 0 Å². The van der Waals surface area contributed by atoms with E-state index in [1.165, 1.54) is 7.11 Å². The first-order valence-corrected chi connectivity index (χ1v) is 7.42. The van der Waals surface area contributed by atoms with Crippen molar-refractivity contribution in [2.75, 3.05) is 20.8 Å². The van der Waals surface area contributed by atoms with Crippen LogP contribution < -0.4 is 4.89 Å². The van der Waals surface area contributed by atoms with Gasteiger partial charge in [0.25, 0.3) is 0 Å². The molecule has 0 aliphatic carbocycles. The summed E-state index contributed by atoms with van der Waals surface area (Å²) in [6, 6.07) is -0.475. The SMILES string of the molecule is [B][C@@H]1O[C@H](COC)C(OP([O-])(=S)OC)[C@@H]1C. The van der Waals surface area contributed by atoms with E-state index in [2.05, 4.69) is 16.3 Å². The van der Waals surface area contributed by atoms with Crippen LogP contribution in [-0.2, 0) is 30.3 Å². The van der Waals surface area contributed by atoms with Crippen LogP contribution >= 0.6 is 6.72 Å². The second-order valence-electron chi connectivity index (χ2n) is 3.65. The average molecular weight is 265 g/mol. The molecule has 1 rings (SSSR count). The van der Waals surface area contributed by atoms with Gasteiger partial charge in [-0.25, -0.2) is 0 Å². The summed E-state index contributed by atoms with van der Waals surface area (Å²) in [5, 5.41) is 0. The molecule has 5 atom stereocenters. The molecular formula is C8H15BO5PS-. The largest absolute Gasteiger partial charge is 0.780 e. The lowest BCUT2D eigenvalue weighted by Gasteiger charge is -2.32. The lowest BCUT2D eigenvalue weighted by atomic mass is 9.86. The van der Waals surface area contributed by atoms with E-state index in [1.54, 1.807) is 7.11 Å². The highest BCUT2D eigenvalue weighted by Crippen LogP contribution is 2.44. The highest BCUT2D eigenvalue weighted by atomic mass is 32.5. The smallest absolute Gasteiger partial charge is 0.115 e. The third kappa shape index (κ3) is 3.50. The van der Waals surface area contributed by atoms with Gasteiger partial charge in [-0.2, -0.15) is 0 Å². The fourth-order valence-corrected chi connectivity index (χ4v) is 2.59. The van der Waals surface area contributed by atoms with Crippen LogP contribution in [-0.4, -0.2) is 46.9 Å². The van der Waals surface area contributed by atoms with E-state index in [4.69, 9.17) is 21.8 Å². The van der Waals surface area contributed by atoms with Crippen molar-refractivity contribution >= 4 is 26.4 Å². The third-order valence-corrected chi connectivity index (χ3v) is 4.19. The lowest BCUT2D eigenvalue weighted by molar-refractivity contribution is -0.211. The second-order valence-corrected chi connectivity index (χ2v) is 6.47. The quantitative estimate of drug-likeness (QED) is 0.506. The van der Waals surface area contributed by atoms with Gasteiger partial charge in [-0.05, 0) is 0 Å². The number of hydrogen-bond donors (Lipinski definition) is 0. The molecule has 1 aliphatic rings. The van der Waals surface area contributed by atoms with Crippen LogP contribution in [0.5, 0.6) is 0 Å². The van der Waals surface area contributed by atoms with E-state index in [9.17, 15) is 4.89 Å². The van der Waals surface area contributed by atoms with E-state index >= 15 is 0 Å². The molecule has 1 fully saturated rings. The Morgan fingerprint density at radius 1 is 1.50 bits per heavy atom. The zero-order valence-electron chi connectivity index (χ0n) is 9.49. The van der Waals surface area contributed by atoms with Crippen molar-refractivity contribution in [1.82, 2.24) is 0 Å². The monoisotopic (exact) mass is 265 g/mol. The summed E-state index contributed by atoms with van der Waals surface area (Å²) in [5.41, 5.74) is 0. The van der Waals surface area contributed by atoms with Gasteiger partial charge in [-0.1, -0.05) is 18.7 Å². The topological polar surface area (TPSA) is 60.0 Å². The lowest BCUT2D eigenvalue weighted by Crippen LogP contribution is -2.33. The van der Waals surface area contributed by atoms with Crippen LogP contribution in [0.4, 0.5) is 0 Å². The Morgan fingerprint density at radius 3 is 2.62 bits per heavy atom. The minimum atomic E-state index is -3.46. The van der Waals surface area contributed by atoms with Crippen LogP contribution in [0.1, 0.15) is 6.92 Å². The number of ether oxygens (including phenoxy) is 2. The fraction of sp³-hybridized carbons (Fsp3) is 1.00. The second kappa shape index (κ2) is 5.91. The Hall–Kier alpha value is 0.515. The summed E-state index contributed by atoms with van der Waals surface area (Å²) in [7, 11) is 8.52. The highest BCUT2D eigenvalue weighted by Gasteiger charge is 2.41. The molecule has 2 radical (unpaired) electrons. The fourth-order valence-electron chi connectivity index (χ4n) is 1.58. The molecule has 2 unspecified atom stereocenters. The van der Waals surface area contributed by atoms with E-state index in [0.29, 0.717) is 6.61 Å². The number of methoxy groups -OCH3 is 1. The summed E-state index contributed by atoms with van der Waals surface area (Å²) in [6.07, 6.45) is -0.848. The third-order valence-electron chi connectivity index (χ3n) is 2.54. The maximum absolute atomic E-state index is 11.6. The molecule has 16 heavy (non-hydrogen) atoms. The minimum absolute atomic E-state index is 0.119. The number of hydrogen-bond acceptors (Lipinski definition) is 6. The van der Waals surface area contributed by atoms with Crippen LogP contribution in [0.2, 0.25) is 0 Å².